The first-order valence-corrected chi connectivity index (χ1v) is 17.8. The van der Waals surface area contributed by atoms with Crippen molar-refractivity contribution in [2.75, 3.05) is 0 Å². The number of benzene rings is 8. The topological polar surface area (TPSA) is 35.1 Å². The third-order valence-electron chi connectivity index (χ3n) is 11.0. The predicted octanol–water partition coefficient (Wildman–Crippen LogP) is 12.4. The number of nitrogens with zero attached hydrogens (tertiary/aromatic N) is 4. The Bertz CT molecular complexity index is 3390. The Morgan fingerprint density at radius 1 is 0.385 bits per heavy atom. The van der Waals surface area contributed by atoms with E-state index in [2.05, 4.69) is 179 Å². The largest absolute Gasteiger partial charge is 0.308 e. The van der Waals surface area contributed by atoms with E-state index in [1.165, 1.54) is 54.4 Å². The molecule has 0 N–H and O–H groups in total. The summed E-state index contributed by atoms with van der Waals surface area (Å²) < 4.78 is 4.90. The maximum absolute atomic E-state index is 5.64. The first-order chi connectivity index (χ1) is 25.8. The molecule has 0 aliphatic heterocycles. The Kier molecular flexibility index (Phi) is 5.47. The summed E-state index contributed by atoms with van der Waals surface area (Å²) in [6, 6.07) is 61.1. The highest BCUT2D eigenvalue weighted by Gasteiger charge is 2.25. The van der Waals surface area contributed by atoms with Crippen molar-refractivity contribution in [2.45, 2.75) is 0 Å². The standard InChI is InChI=1S/C48H28N4/c1-3-13-29(14-4-1)32-27-41-44-42(28-32)52(48-45(31-16-5-2-6-17-31)49-38-26-25-30-15-7-8-18-33(30)46(38)50-48)40-24-12-20-35(43(40)44)37-22-11-21-36-34-19-9-10-23-39(34)51(41)47(36)37/h1-28H. The number of aromatic nitrogens is 4. The Hall–Kier alpha value is -7.04. The van der Waals surface area contributed by atoms with Crippen molar-refractivity contribution >= 4 is 81.7 Å². The molecule has 4 aromatic heterocycles. The molecule has 12 aromatic rings. The van der Waals surface area contributed by atoms with Crippen molar-refractivity contribution in [2.24, 2.45) is 0 Å². The highest BCUT2D eigenvalue weighted by atomic mass is 15.1. The summed E-state index contributed by atoms with van der Waals surface area (Å²) in [4.78, 5) is 11.1. The lowest BCUT2D eigenvalue weighted by atomic mass is 10.0. The fraction of sp³-hybridized carbons (Fsp3) is 0. The van der Waals surface area contributed by atoms with Gasteiger partial charge in [-0.1, -0.05) is 140 Å². The highest BCUT2D eigenvalue weighted by Crippen LogP contribution is 2.46. The first kappa shape index (κ1) is 27.7. The van der Waals surface area contributed by atoms with Crippen LogP contribution < -0.4 is 0 Å². The molecule has 0 bridgehead atoms. The van der Waals surface area contributed by atoms with Crippen LogP contribution in [0.5, 0.6) is 0 Å². The number of hydrogen-bond donors (Lipinski definition) is 0. The van der Waals surface area contributed by atoms with Crippen LogP contribution in [-0.4, -0.2) is 18.9 Å². The van der Waals surface area contributed by atoms with Crippen LogP contribution in [0.4, 0.5) is 0 Å². The van der Waals surface area contributed by atoms with Crippen LogP contribution in [0.1, 0.15) is 0 Å². The van der Waals surface area contributed by atoms with Gasteiger partial charge in [-0.3, -0.25) is 4.57 Å². The summed E-state index contributed by atoms with van der Waals surface area (Å²) in [6.07, 6.45) is 0. The Labute approximate surface area is 297 Å². The van der Waals surface area contributed by atoms with Crippen LogP contribution in [0, 0.1) is 0 Å². The van der Waals surface area contributed by atoms with Gasteiger partial charge in [-0.15, -0.1) is 0 Å². The van der Waals surface area contributed by atoms with Crippen molar-refractivity contribution in [3.8, 4) is 28.2 Å². The van der Waals surface area contributed by atoms with E-state index in [0.717, 1.165) is 55.5 Å². The highest BCUT2D eigenvalue weighted by molar-refractivity contribution is 6.31. The van der Waals surface area contributed by atoms with E-state index in [9.17, 15) is 0 Å². The lowest BCUT2D eigenvalue weighted by Gasteiger charge is -2.15. The summed E-state index contributed by atoms with van der Waals surface area (Å²) in [5.74, 6) is 0.819. The Balaban J connectivity index is 1.37. The van der Waals surface area contributed by atoms with Crippen LogP contribution in [0.15, 0.2) is 170 Å². The molecule has 8 aromatic carbocycles. The molecule has 0 radical (unpaired) electrons. The van der Waals surface area contributed by atoms with E-state index in [0.29, 0.717) is 0 Å². The van der Waals surface area contributed by atoms with E-state index in [1.807, 2.05) is 0 Å². The second-order valence-electron chi connectivity index (χ2n) is 13.8. The van der Waals surface area contributed by atoms with Crippen LogP contribution in [0.3, 0.4) is 0 Å². The number of para-hydroxylation sites is 2. The summed E-state index contributed by atoms with van der Waals surface area (Å²) in [7, 11) is 0. The zero-order valence-electron chi connectivity index (χ0n) is 28.0. The van der Waals surface area contributed by atoms with Gasteiger partial charge in [0, 0.05) is 37.9 Å². The molecular weight excluding hydrogens is 633 g/mol. The van der Waals surface area contributed by atoms with E-state index in [4.69, 9.17) is 9.97 Å². The first-order valence-electron chi connectivity index (χ1n) is 17.8. The second kappa shape index (κ2) is 10.3. The third kappa shape index (κ3) is 3.65. The maximum Gasteiger partial charge on any atom is 0.165 e. The van der Waals surface area contributed by atoms with Gasteiger partial charge >= 0.3 is 0 Å². The quantitative estimate of drug-likeness (QED) is 0.177. The molecule has 0 amide bonds. The number of hydrogen-bond acceptors (Lipinski definition) is 2. The van der Waals surface area contributed by atoms with Gasteiger partial charge < -0.3 is 4.40 Å². The van der Waals surface area contributed by atoms with Gasteiger partial charge in [0.25, 0.3) is 0 Å². The molecule has 0 atom stereocenters. The fourth-order valence-electron chi connectivity index (χ4n) is 8.80. The fourth-order valence-corrected chi connectivity index (χ4v) is 8.80. The van der Waals surface area contributed by atoms with Gasteiger partial charge in [-0.25, -0.2) is 9.97 Å². The molecule has 0 saturated carbocycles. The molecule has 0 saturated heterocycles. The molecular formula is C48H28N4. The molecule has 0 aliphatic carbocycles. The van der Waals surface area contributed by atoms with Crippen LogP contribution in [-0.2, 0) is 0 Å². The van der Waals surface area contributed by atoms with E-state index < -0.39 is 0 Å². The number of rotatable bonds is 3. The summed E-state index contributed by atoms with van der Waals surface area (Å²) in [6.45, 7) is 0. The molecule has 12 rings (SSSR count). The maximum atomic E-state index is 5.64. The minimum absolute atomic E-state index is 0.819. The average molecular weight is 661 g/mol. The van der Waals surface area contributed by atoms with Gasteiger partial charge in [0.1, 0.15) is 5.69 Å². The van der Waals surface area contributed by atoms with Crippen LogP contribution >= 0.6 is 0 Å². The van der Waals surface area contributed by atoms with Gasteiger partial charge in [0.15, 0.2) is 5.82 Å². The van der Waals surface area contributed by atoms with Gasteiger partial charge in [0.05, 0.1) is 38.6 Å². The van der Waals surface area contributed by atoms with Crippen molar-refractivity contribution in [1.82, 2.24) is 18.9 Å². The predicted molar refractivity (Wildman–Crippen MR) is 217 cm³/mol. The van der Waals surface area contributed by atoms with E-state index in [-0.39, 0.29) is 0 Å². The molecule has 4 nitrogen and oxygen atoms in total. The smallest absolute Gasteiger partial charge is 0.165 e. The number of fused-ring (bicyclic) bond motifs is 8. The summed E-state index contributed by atoms with van der Waals surface area (Å²) in [5, 5.41) is 9.66. The lowest BCUT2D eigenvalue weighted by Crippen LogP contribution is -2.04. The Morgan fingerprint density at radius 2 is 1.02 bits per heavy atom. The minimum atomic E-state index is 0.819. The van der Waals surface area contributed by atoms with Crippen LogP contribution in [0.2, 0.25) is 0 Å². The molecule has 4 heterocycles. The normalized spacial score (nSPS) is 12.2. The van der Waals surface area contributed by atoms with Crippen LogP contribution in [0.25, 0.3) is 110 Å². The Morgan fingerprint density at radius 3 is 1.87 bits per heavy atom. The van der Waals surface area contributed by atoms with Crippen molar-refractivity contribution in [3.63, 3.8) is 0 Å². The molecule has 52 heavy (non-hydrogen) atoms. The minimum Gasteiger partial charge on any atom is -0.308 e. The lowest BCUT2D eigenvalue weighted by molar-refractivity contribution is 1.08. The van der Waals surface area contributed by atoms with Crippen molar-refractivity contribution in [3.05, 3.63) is 170 Å². The zero-order chi connectivity index (χ0) is 33.9. The summed E-state index contributed by atoms with van der Waals surface area (Å²) >= 11 is 0. The molecule has 4 heteroatoms. The van der Waals surface area contributed by atoms with Gasteiger partial charge in [-0.05, 0) is 52.2 Å². The third-order valence-corrected chi connectivity index (χ3v) is 11.0. The average Bonchev–Trinajstić information content (AvgIpc) is 3.69. The van der Waals surface area contributed by atoms with E-state index in [1.54, 1.807) is 0 Å². The zero-order valence-corrected chi connectivity index (χ0v) is 28.0. The molecule has 0 fully saturated rings. The monoisotopic (exact) mass is 660 g/mol. The SMILES string of the molecule is c1ccc(-c2cc3c4c5c(cccc5n3-c3nc5c(ccc6ccccc65)nc3-c3ccccc3)c3cccc5c6ccccc6n(c4c2)c35)cc1. The molecule has 0 spiro atoms. The van der Waals surface area contributed by atoms with Gasteiger partial charge in [-0.2, -0.15) is 0 Å². The van der Waals surface area contributed by atoms with E-state index >= 15 is 0 Å². The summed E-state index contributed by atoms with van der Waals surface area (Å²) in [5.41, 5.74) is 11.8. The van der Waals surface area contributed by atoms with Crippen molar-refractivity contribution in [1.29, 1.82) is 0 Å². The molecule has 0 aliphatic rings. The molecule has 0 unspecified atom stereocenters. The van der Waals surface area contributed by atoms with Crippen molar-refractivity contribution < 1.29 is 0 Å². The second-order valence-corrected chi connectivity index (χ2v) is 13.8. The molecule has 240 valence electrons. The van der Waals surface area contributed by atoms with Gasteiger partial charge in [0.2, 0.25) is 0 Å².